The molecule has 40 valence electrons. The first kappa shape index (κ1) is 11.2. The molecule has 0 spiro atoms. The van der Waals surface area contributed by atoms with Crippen molar-refractivity contribution < 1.29 is 42.3 Å². The molecule has 0 amide bonds. The van der Waals surface area contributed by atoms with E-state index >= 15 is 0 Å². The van der Waals surface area contributed by atoms with Crippen molar-refractivity contribution in [2.75, 3.05) is 0 Å². The smallest absolute Gasteiger partial charge is 0.271 e. The van der Waals surface area contributed by atoms with Crippen LogP contribution in [0.3, 0.4) is 0 Å². The molecule has 0 atom stereocenters. The van der Waals surface area contributed by atoms with Gasteiger partial charge in [-0.15, -0.1) is 0 Å². The van der Waals surface area contributed by atoms with Gasteiger partial charge in [0.15, 0.2) is 0 Å². The van der Waals surface area contributed by atoms with Gasteiger partial charge in [0.1, 0.15) is 0 Å². The average molecular weight is 193 g/mol. The van der Waals surface area contributed by atoms with Crippen molar-refractivity contribution in [1.82, 2.24) is 0 Å². The molecule has 0 radical (unpaired) electrons. The van der Waals surface area contributed by atoms with Crippen LogP contribution in [0.25, 0.3) is 0 Å². The van der Waals surface area contributed by atoms with E-state index in [1.54, 1.807) is 0 Å². The molecule has 0 rings (SSSR count). The van der Waals surface area contributed by atoms with Crippen molar-refractivity contribution in [1.29, 1.82) is 0 Å². The van der Waals surface area contributed by atoms with Gasteiger partial charge in [0.2, 0.25) is 0 Å². The quantitative estimate of drug-likeness (QED) is 0.541. The van der Waals surface area contributed by atoms with E-state index < -0.39 is 5.20 Å². The Balaban J connectivity index is 0. The average Bonchev–Trinajstić information content (AvgIpc) is 0.722. The summed E-state index contributed by atoms with van der Waals surface area (Å²) in [6.07, 6.45) is 0. The summed E-state index contributed by atoms with van der Waals surface area (Å²) in [6, 6.07) is 0. The predicted octanol–water partition coefficient (Wildman–Crippen LogP) is 2.81. The van der Waals surface area contributed by atoms with E-state index in [4.69, 9.17) is 0 Å². The Bertz CT molecular complexity index is 56.9. The predicted molar refractivity (Wildman–Crippen MR) is 25.2 cm³/mol. The third kappa shape index (κ3) is 32.8. The summed E-state index contributed by atoms with van der Waals surface area (Å²) in [6.45, 7) is 0. The van der Waals surface area contributed by atoms with Crippen molar-refractivity contribution >= 4 is 38.9 Å². The van der Waals surface area contributed by atoms with Crippen molar-refractivity contribution in [3.63, 3.8) is 0 Å². The molecule has 1 nitrogen and oxygen atoms in total. The van der Waals surface area contributed by atoms with E-state index in [1.165, 1.54) is 0 Å². The topological polar surface area (TPSA) is 17.1 Å². The normalized spacial score (nSPS) is 9.83. The van der Waals surface area contributed by atoms with Crippen LogP contribution in [-0.4, -0.2) is 0 Å². The third-order valence-corrected chi connectivity index (χ3v) is 0. The molecular formula is ArCl3OP. The standard InChI is InChI=1S/Ar.Cl3OP/c;1-5(2,3)4. The van der Waals surface area contributed by atoms with Crippen molar-refractivity contribution in [2.45, 2.75) is 0 Å². The van der Waals surface area contributed by atoms with Crippen LogP contribution in [-0.2, 0) is 4.57 Å². The summed E-state index contributed by atoms with van der Waals surface area (Å²) in [5, 5.41) is -3.22. The van der Waals surface area contributed by atoms with E-state index in [-0.39, 0.29) is 37.7 Å². The van der Waals surface area contributed by atoms with Crippen LogP contribution < -0.4 is 0 Å². The Morgan fingerprint density at radius 3 is 1.17 bits per heavy atom. The molecule has 0 N–H and O–H groups in total. The SMILES string of the molecule is O=P(Cl)(Cl)Cl.[Ar]. The summed E-state index contributed by atoms with van der Waals surface area (Å²) in [5.41, 5.74) is 0. The molecule has 0 saturated carbocycles. The van der Waals surface area contributed by atoms with Gasteiger partial charge in [0, 0.05) is 37.7 Å². The molecule has 0 bridgehead atoms. The zero-order valence-corrected chi connectivity index (χ0v) is 6.21. The first-order chi connectivity index (χ1) is 2.00. The van der Waals surface area contributed by atoms with Gasteiger partial charge >= 0.3 is 5.20 Å². The second-order valence-electron chi connectivity index (χ2n) is 0.399. The fourth-order valence-corrected chi connectivity index (χ4v) is 0. The Labute approximate surface area is 80.1 Å². The molecule has 0 aliphatic carbocycles. The number of rotatable bonds is 0. The van der Waals surface area contributed by atoms with Gasteiger partial charge in [-0.3, -0.25) is 4.57 Å². The summed E-state index contributed by atoms with van der Waals surface area (Å²) in [5.74, 6) is 0. The van der Waals surface area contributed by atoms with Gasteiger partial charge in [-0.1, -0.05) is 0 Å². The molecule has 0 aromatic heterocycles. The summed E-state index contributed by atoms with van der Waals surface area (Å²) < 4.78 is 9.51. The molecule has 0 heterocycles. The fraction of sp³-hybridized carbons (Fsp3) is 0. The summed E-state index contributed by atoms with van der Waals surface area (Å²) in [7, 11) is 0. The number of hydrogen-bond acceptors (Lipinski definition) is 1. The van der Waals surface area contributed by atoms with Crippen molar-refractivity contribution in [2.24, 2.45) is 0 Å². The molecular weight excluding hydrogens is 193 g/mol. The Kier molecular flexibility index (Phi) is 7.95. The van der Waals surface area contributed by atoms with Crippen LogP contribution in [0, 0.1) is 37.7 Å². The first-order valence-electron chi connectivity index (χ1n) is 0.690. The third-order valence-electron chi connectivity index (χ3n) is 0. The monoisotopic (exact) mass is 192 g/mol. The zero-order chi connectivity index (χ0) is 4.50. The minimum atomic E-state index is -3.22. The number of hydrogen-bond donors (Lipinski definition) is 0. The minimum Gasteiger partial charge on any atom is -0.271 e. The second kappa shape index (κ2) is 4.26. The van der Waals surface area contributed by atoms with Crippen LogP contribution >= 0.6 is 38.9 Å². The zero-order valence-electron chi connectivity index (χ0n) is 2.34. The Hall–Kier alpha value is 2.36. The molecule has 0 unspecified atom stereocenters. The van der Waals surface area contributed by atoms with E-state index in [2.05, 4.69) is 33.7 Å². The molecule has 6 heteroatoms. The van der Waals surface area contributed by atoms with Gasteiger partial charge in [0.05, 0.1) is 0 Å². The first-order valence-corrected chi connectivity index (χ1v) is 5.11. The van der Waals surface area contributed by atoms with E-state index in [1.807, 2.05) is 0 Å². The van der Waals surface area contributed by atoms with E-state index in [0.29, 0.717) is 0 Å². The largest absolute Gasteiger partial charge is 0.339 e. The van der Waals surface area contributed by atoms with E-state index in [0.717, 1.165) is 0 Å². The fourth-order valence-electron chi connectivity index (χ4n) is 0. The molecule has 0 aromatic carbocycles. The Morgan fingerprint density at radius 1 is 1.17 bits per heavy atom. The minimum absolute atomic E-state index is 0. The van der Waals surface area contributed by atoms with Gasteiger partial charge in [-0.05, 0) is 33.7 Å². The van der Waals surface area contributed by atoms with Gasteiger partial charge < -0.3 is 0 Å². The van der Waals surface area contributed by atoms with Crippen molar-refractivity contribution in [3.8, 4) is 0 Å². The summed E-state index contributed by atoms with van der Waals surface area (Å²) in [4.78, 5) is 0. The number of halogens is 3. The van der Waals surface area contributed by atoms with Crippen LogP contribution in [0.15, 0.2) is 0 Å². The molecule has 0 aromatic rings. The van der Waals surface area contributed by atoms with Crippen LogP contribution in [0.5, 0.6) is 0 Å². The van der Waals surface area contributed by atoms with Crippen molar-refractivity contribution in [3.05, 3.63) is 0 Å². The molecule has 0 aliphatic heterocycles. The maximum absolute atomic E-state index is 9.51. The van der Waals surface area contributed by atoms with Crippen LogP contribution in [0.1, 0.15) is 0 Å². The Morgan fingerprint density at radius 2 is 1.17 bits per heavy atom. The maximum Gasteiger partial charge on any atom is 0.339 e. The van der Waals surface area contributed by atoms with Gasteiger partial charge in [-0.25, -0.2) is 0 Å². The summed E-state index contributed by atoms with van der Waals surface area (Å²) >= 11 is 13.8. The van der Waals surface area contributed by atoms with Gasteiger partial charge in [-0.2, -0.15) is 0 Å². The maximum atomic E-state index is 9.51. The molecule has 0 aliphatic rings. The van der Waals surface area contributed by atoms with Crippen LogP contribution in [0.4, 0.5) is 0 Å². The van der Waals surface area contributed by atoms with Gasteiger partial charge in [0.25, 0.3) is 0 Å². The second-order valence-corrected chi connectivity index (χ2v) is 7.04. The molecule has 6 heavy (non-hydrogen) atoms. The van der Waals surface area contributed by atoms with Crippen LogP contribution in [0.2, 0.25) is 0 Å². The molecule has 0 saturated heterocycles. The van der Waals surface area contributed by atoms with E-state index in [9.17, 15) is 4.57 Å². The molecule has 0 fully saturated rings.